The topological polar surface area (TPSA) is 95.0 Å². The lowest BCUT2D eigenvalue weighted by atomic mass is 9.90. The van der Waals surface area contributed by atoms with Gasteiger partial charge in [0.1, 0.15) is 11.3 Å². The lowest BCUT2D eigenvalue weighted by Crippen LogP contribution is -2.20. The van der Waals surface area contributed by atoms with Crippen LogP contribution < -0.4 is 25.2 Å². The van der Waals surface area contributed by atoms with Crippen molar-refractivity contribution in [1.82, 2.24) is 4.74 Å². The molecular formula is C36H32N4O4. The number of fused-ring (bicyclic) bond motifs is 2. The molecule has 44 heavy (non-hydrogen) atoms. The summed E-state index contributed by atoms with van der Waals surface area (Å²) in [7, 11) is 7.88. The molecule has 1 aliphatic heterocycles. The van der Waals surface area contributed by atoms with Crippen LogP contribution in [0.2, 0.25) is 0 Å². The molecule has 4 aromatic carbocycles. The van der Waals surface area contributed by atoms with Gasteiger partial charge in [0.05, 0.1) is 11.6 Å². The van der Waals surface area contributed by atoms with Crippen LogP contribution in [0.5, 0.6) is 0 Å². The number of hydrogen-bond donors (Lipinski definition) is 2. The van der Waals surface area contributed by atoms with Crippen LogP contribution in [0.15, 0.2) is 114 Å². The SMILES string of the molecule is CN(C)c1ccc(Nc2ccc3c(-c4ccccc4C(=O)O)c4ccc(=[N+]([O-])c5ccc(N(C)C)cc5)cc-4oc3c2)cc1. The Kier molecular flexibility index (Phi) is 7.41. The molecule has 220 valence electrons. The van der Waals surface area contributed by atoms with Gasteiger partial charge in [0.15, 0.2) is 0 Å². The molecule has 0 unspecified atom stereocenters. The monoisotopic (exact) mass is 584 g/mol. The molecule has 0 aromatic heterocycles. The summed E-state index contributed by atoms with van der Waals surface area (Å²) in [5.41, 5.74) is 7.00. The number of carboxylic acid groups (broad SMARTS) is 1. The maximum absolute atomic E-state index is 13.4. The molecule has 2 aliphatic rings. The third kappa shape index (κ3) is 5.41. The van der Waals surface area contributed by atoms with Gasteiger partial charge in [0, 0.05) is 91.7 Å². The van der Waals surface area contributed by atoms with E-state index in [0.717, 1.165) is 38.4 Å². The molecule has 2 N–H and O–H groups in total. The lowest BCUT2D eigenvalue weighted by molar-refractivity contribution is 0.0697. The molecular weight excluding hydrogens is 552 g/mol. The van der Waals surface area contributed by atoms with E-state index < -0.39 is 5.97 Å². The van der Waals surface area contributed by atoms with E-state index in [1.807, 2.05) is 105 Å². The lowest BCUT2D eigenvalue weighted by Gasteiger charge is -2.18. The third-order valence-corrected chi connectivity index (χ3v) is 7.64. The van der Waals surface area contributed by atoms with E-state index >= 15 is 0 Å². The summed E-state index contributed by atoms with van der Waals surface area (Å²) in [4.78, 5) is 16.3. The molecule has 0 spiro atoms. The van der Waals surface area contributed by atoms with Crippen molar-refractivity contribution in [2.45, 2.75) is 0 Å². The van der Waals surface area contributed by atoms with Crippen molar-refractivity contribution in [3.8, 4) is 22.5 Å². The Bertz CT molecular complexity index is 2030. The van der Waals surface area contributed by atoms with Gasteiger partial charge in [-0.15, -0.1) is 0 Å². The molecule has 0 amide bonds. The second kappa shape index (κ2) is 11.5. The van der Waals surface area contributed by atoms with Crippen molar-refractivity contribution in [2.75, 3.05) is 43.3 Å². The Balaban J connectivity index is 1.54. The third-order valence-electron chi connectivity index (χ3n) is 7.64. The first-order valence-electron chi connectivity index (χ1n) is 14.1. The quantitative estimate of drug-likeness (QED) is 0.115. The van der Waals surface area contributed by atoms with Gasteiger partial charge < -0.3 is 29.8 Å². The van der Waals surface area contributed by atoms with Crippen LogP contribution in [0, 0.1) is 5.21 Å². The summed E-state index contributed by atoms with van der Waals surface area (Å²) < 4.78 is 7.31. The van der Waals surface area contributed by atoms with E-state index in [9.17, 15) is 15.1 Å². The summed E-state index contributed by atoms with van der Waals surface area (Å²) in [5, 5.41) is 28.0. The van der Waals surface area contributed by atoms with Gasteiger partial charge in [-0.25, -0.2) is 4.79 Å². The highest BCUT2D eigenvalue weighted by Gasteiger charge is 2.22. The molecule has 8 heteroatoms. The number of anilines is 4. The highest BCUT2D eigenvalue weighted by molar-refractivity contribution is 6.07. The largest absolute Gasteiger partial charge is 0.618 e. The van der Waals surface area contributed by atoms with Gasteiger partial charge >= 0.3 is 5.97 Å². The minimum absolute atomic E-state index is 0.181. The van der Waals surface area contributed by atoms with Crippen molar-refractivity contribution in [3.05, 3.63) is 125 Å². The molecule has 0 fully saturated rings. The molecule has 0 bridgehead atoms. The zero-order valence-corrected chi connectivity index (χ0v) is 24.9. The highest BCUT2D eigenvalue weighted by Crippen LogP contribution is 2.42. The molecule has 0 radical (unpaired) electrons. The Morgan fingerprint density at radius 2 is 1.39 bits per heavy atom. The van der Waals surface area contributed by atoms with Crippen molar-refractivity contribution in [2.24, 2.45) is 0 Å². The summed E-state index contributed by atoms with van der Waals surface area (Å²) in [5.74, 6) is -0.561. The fourth-order valence-electron chi connectivity index (χ4n) is 5.31. The second-order valence-corrected chi connectivity index (χ2v) is 11.0. The Hall–Kier alpha value is -5.76. The van der Waals surface area contributed by atoms with Gasteiger partial charge in [0.25, 0.3) is 0 Å². The van der Waals surface area contributed by atoms with Crippen molar-refractivity contribution < 1.29 is 14.3 Å². The maximum Gasteiger partial charge on any atom is 0.336 e. The summed E-state index contributed by atoms with van der Waals surface area (Å²) in [6.45, 7) is 0. The molecule has 6 rings (SSSR count). The van der Waals surface area contributed by atoms with Crippen LogP contribution in [-0.2, 0) is 0 Å². The second-order valence-electron chi connectivity index (χ2n) is 11.0. The fourth-order valence-corrected chi connectivity index (χ4v) is 5.31. The molecule has 0 saturated heterocycles. The molecule has 8 nitrogen and oxygen atoms in total. The molecule has 0 saturated carbocycles. The van der Waals surface area contributed by atoms with Crippen LogP contribution in [0.25, 0.3) is 33.4 Å². The van der Waals surface area contributed by atoms with E-state index in [-0.39, 0.29) is 5.56 Å². The van der Waals surface area contributed by atoms with Gasteiger partial charge in [-0.1, -0.05) is 18.2 Å². The minimum Gasteiger partial charge on any atom is -0.618 e. The number of hydrogen-bond acceptors (Lipinski definition) is 6. The number of aromatic carboxylic acids is 1. The van der Waals surface area contributed by atoms with E-state index in [1.54, 1.807) is 42.5 Å². The Morgan fingerprint density at radius 3 is 2.05 bits per heavy atom. The van der Waals surface area contributed by atoms with Crippen molar-refractivity contribution in [1.29, 1.82) is 0 Å². The molecule has 1 aliphatic carbocycles. The van der Waals surface area contributed by atoms with Crippen LogP contribution in [-0.4, -0.2) is 39.3 Å². The van der Waals surface area contributed by atoms with E-state index in [2.05, 4.69) is 5.32 Å². The van der Waals surface area contributed by atoms with Crippen molar-refractivity contribution >= 4 is 45.4 Å². The summed E-state index contributed by atoms with van der Waals surface area (Å²) in [6, 6.07) is 33.4. The highest BCUT2D eigenvalue weighted by atomic mass is 16.5. The first-order valence-corrected chi connectivity index (χ1v) is 14.1. The predicted molar refractivity (Wildman–Crippen MR) is 178 cm³/mol. The van der Waals surface area contributed by atoms with Crippen LogP contribution in [0.1, 0.15) is 10.4 Å². The zero-order chi connectivity index (χ0) is 31.0. The number of carboxylic acids is 1. The molecule has 1 heterocycles. The number of benzene rings is 5. The number of nitrogens with one attached hydrogen (secondary N) is 1. The molecule has 0 atom stereocenters. The number of nitrogens with zero attached hydrogens (tertiary/aromatic N) is 3. The molecule has 4 aromatic rings. The Labute approximate surface area is 255 Å². The zero-order valence-electron chi connectivity index (χ0n) is 24.9. The number of rotatable bonds is 7. The predicted octanol–water partition coefficient (Wildman–Crippen LogP) is 7.38. The van der Waals surface area contributed by atoms with E-state index in [0.29, 0.717) is 33.5 Å². The van der Waals surface area contributed by atoms with Crippen molar-refractivity contribution in [3.63, 3.8) is 0 Å². The van der Waals surface area contributed by atoms with E-state index in [4.69, 9.17) is 4.42 Å². The minimum atomic E-state index is -1.02. The van der Waals surface area contributed by atoms with Gasteiger partial charge in [-0.3, -0.25) is 0 Å². The normalized spacial score (nSPS) is 11.8. The van der Waals surface area contributed by atoms with E-state index in [1.165, 1.54) is 0 Å². The van der Waals surface area contributed by atoms with Gasteiger partial charge in [-0.2, -0.15) is 4.74 Å². The number of carbonyl (C=O) groups is 1. The van der Waals surface area contributed by atoms with Crippen LogP contribution in [0.3, 0.4) is 0 Å². The smallest absolute Gasteiger partial charge is 0.336 e. The average Bonchev–Trinajstić information content (AvgIpc) is 3.03. The Morgan fingerprint density at radius 1 is 0.750 bits per heavy atom. The van der Waals surface area contributed by atoms with Gasteiger partial charge in [0.2, 0.25) is 11.0 Å². The fraction of sp³-hybridized carbons (Fsp3) is 0.111. The first-order chi connectivity index (χ1) is 21.2. The van der Waals surface area contributed by atoms with Crippen LogP contribution >= 0.6 is 0 Å². The van der Waals surface area contributed by atoms with Gasteiger partial charge in [-0.05, 0) is 66.2 Å². The summed E-state index contributed by atoms with van der Waals surface area (Å²) >= 11 is 0. The summed E-state index contributed by atoms with van der Waals surface area (Å²) in [6.07, 6.45) is 0. The van der Waals surface area contributed by atoms with Crippen LogP contribution in [0.4, 0.5) is 28.4 Å². The average molecular weight is 585 g/mol. The maximum atomic E-state index is 13.4. The first kappa shape index (κ1) is 28.4. The standard InChI is InChI=1S/C36H32N4O4/c1-38(2)25-12-9-23(10-13-25)37-24-11-19-31-33(21-24)44-34-22-28(40(43)27-16-14-26(15-17-27)39(3)4)18-20-32(34)35(31)29-7-5-6-8-30(29)36(41)42/h5-22,37H,1-4H3,(H,41,42).